The van der Waals surface area contributed by atoms with Gasteiger partial charge in [0.15, 0.2) is 0 Å². The van der Waals surface area contributed by atoms with Crippen LogP contribution in [0.1, 0.15) is 39.1 Å². The fourth-order valence-corrected chi connectivity index (χ4v) is 2.82. The van der Waals surface area contributed by atoms with Gasteiger partial charge in [0.1, 0.15) is 12.2 Å². The van der Waals surface area contributed by atoms with Crippen LogP contribution in [-0.4, -0.2) is 45.8 Å². The Morgan fingerprint density at radius 2 is 2.28 bits per heavy atom. The van der Waals surface area contributed by atoms with Crippen molar-refractivity contribution in [2.75, 3.05) is 20.1 Å². The second kappa shape index (κ2) is 5.80. The van der Waals surface area contributed by atoms with E-state index in [1.165, 1.54) is 6.42 Å². The molecule has 5 nitrogen and oxygen atoms in total. The highest BCUT2D eigenvalue weighted by molar-refractivity contribution is 4.90. The zero-order chi connectivity index (χ0) is 13.1. The Kier molecular flexibility index (Phi) is 4.35. The molecule has 1 fully saturated rings. The van der Waals surface area contributed by atoms with Gasteiger partial charge in [-0.2, -0.15) is 5.10 Å². The lowest BCUT2D eigenvalue weighted by Gasteiger charge is -2.36. The van der Waals surface area contributed by atoms with Gasteiger partial charge in [-0.3, -0.25) is 4.90 Å². The third-order valence-electron chi connectivity index (χ3n) is 3.86. The first kappa shape index (κ1) is 13.5. The van der Waals surface area contributed by atoms with Crippen molar-refractivity contribution in [3.8, 4) is 0 Å². The summed E-state index contributed by atoms with van der Waals surface area (Å²) in [6.07, 6.45) is 2.88. The molecular weight excluding hydrogens is 226 g/mol. The number of piperidine rings is 1. The van der Waals surface area contributed by atoms with Crippen LogP contribution in [0, 0.1) is 5.92 Å². The maximum Gasteiger partial charge on any atom is 0.141 e. The van der Waals surface area contributed by atoms with Crippen molar-refractivity contribution in [2.24, 2.45) is 5.92 Å². The van der Waals surface area contributed by atoms with Crippen LogP contribution in [0.25, 0.3) is 0 Å². The van der Waals surface area contributed by atoms with E-state index in [-0.39, 0.29) is 0 Å². The molecule has 1 aromatic heterocycles. The minimum absolute atomic E-state index is 0.384. The second-order valence-corrected chi connectivity index (χ2v) is 5.61. The molecule has 0 aromatic carbocycles. The molecule has 1 aliphatic heterocycles. The standard InChI is InChI=1S/C13H25N5/c1-10(2)18-13(15-9-16-18)8-17-6-5-12(14-4)11(3)7-17/h9-12,14H,5-8H2,1-4H3. The summed E-state index contributed by atoms with van der Waals surface area (Å²) < 4.78 is 2.02. The number of hydrogen-bond donors (Lipinski definition) is 1. The van der Waals surface area contributed by atoms with E-state index in [2.05, 4.69) is 48.1 Å². The van der Waals surface area contributed by atoms with E-state index in [0.29, 0.717) is 18.0 Å². The summed E-state index contributed by atoms with van der Waals surface area (Å²) in [5.41, 5.74) is 0. The van der Waals surface area contributed by atoms with Crippen molar-refractivity contribution in [1.82, 2.24) is 25.0 Å². The zero-order valence-corrected chi connectivity index (χ0v) is 11.9. The summed E-state index contributed by atoms with van der Waals surface area (Å²) in [4.78, 5) is 6.88. The van der Waals surface area contributed by atoms with E-state index in [4.69, 9.17) is 0 Å². The highest BCUT2D eigenvalue weighted by atomic mass is 15.4. The molecule has 2 atom stereocenters. The first-order chi connectivity index (χ1) is 8.61. The van der Waals surface area contributed by atoms with Gasteiger partial charge in [0.25, 0.3) is 0 Å². The van der Waals surface area contributed by atoms with Crippen LogP contribution < -0.4 is 5.32 Å². The first-order valence-electron chi connectivity index (χ1n) is 6.89. The molecule has 0 saturated carbocycles. The molecule has 2 unspecified atom stereocenters. The molecular formula is C13H25N5. The Morgan fingerprint density at radius 3 is 2.89 bits per heavy atom. The fraction of sp³-hybridized carbons (Fsp3) is 0.846. The quantitative estimate of drug-likeness (QED) is 0.876. The van der Waals surface area contributed by atoms with Gasteiger partial charge in [0.05, 0.1) is 6.54 Å². The summed E-state index contributed by atoms with van der Waals surface area (Å²) in [7, 11) is 2.06. The third kappa shape index (κ3) is 2.90. The Morgan fingerprint density at radius 1 is 1.50 bits per heavy atom. The van der Waals surface area contributed by atoms with Crippen LogP contribution in [0.2, 0.25) is 0 Å². The maximum atomic E-state index is 4.39. The SMILES string of the molecule is CNC1CCN(Cc2ncnn2C(C)C)CC1C. The molecule has 0 radical (unpaired) electrons. The number of rotatable bonds is 4. The van der Waals surface area contributed by atoms with Crippen molar-refractivity contribution in [3.63, 3.8) is 0 Å². The maximum absolute atomic E-state index is 4.39. The van der Waals surface area contributed by atoms with E-state index >= 15 is 0 Å². The van der Waals surface area contributed by atoms with Crippen LogP contribution in [0.5, 0.6) is 0 Å². The van der Waals surface area contributed by atoms with E-state index in [9.17, 15) is 0 Å². The van der Waals surface area contributed by atoms with Gasteiger partial charge in [-0.05, 0) is 33.2 Å². The number of nitrogens with one attached hydrogen (secondary N) is 1. The first-order valence-corrected chi connectivity index (χ1v) is 6.89. The van der Waals surface area contributed by atoms with Crippen molar-refractivity contribution in [2.45, 2.75) is 45.8 Å². The lowest BCUT2D eigenvalue weighted by Crippen LogP contribution is -2.47. The topological polar surface area (TPSA) is 46.0 Å². The molecule has 18 heavy (non-hydrogen) atoms. The molecule has 0 amide bonds. The normalized spacial score (nSPS) is 25.8. The Hall–Kier alpha value is -0.940. The van der Waals surface area contributed by atoms with Crippen LogP contribution in [0.3, 0.4) is 0 Å². The largest absolute Gasteiger partial charge is 0.317 e. The molecule has 2 heterocycles. The molecule has 0 spiro atoms. The Labute approximate surface area is 110 Å². The van der Waals surface area contributed by atoms with Crippen LogP contribution in [-0.2, 0) is 6.54 Å². The van der Waals surface area contributed by atoms with Crippen LogP contribution in [0.4, 0.5) is 0 Å². The van der Waals surface area contributed by atoms with Crippen molar-refractivity contribution in [3.05, 3.63) is 12.2 Å². The summed E-state index contributed by atoms with van der Waals surface area (Å²) in [5.74, 6) is 1.78. The summed E-state index contributed by atoms with van der Waals surface area (Å²) >= 11 is 0. The molecule has 102 valence electrons. The molecule has 1 N–H and O–H groups in total. The Balaban J connectivity index is 1.96. The predicted octanol–water partition coefficient (Wildman–Crippen LogP) is 1.29. The van der Waals surface area contributed by atoms with Crippen molar-refractivity contribution >= 4 is 0 Å². The van der Waals surface area contributed by atoms with Crippen LogP contribution in [0.15, 0.2) is 6.33 Å². The molecule has 2 rings (SSSR count). The molecule has 0 aliphatic carbocycles. The average Bonchev–Trinajstić information content (AvgIpc) is 2.77. The zero-order valence-electron chi connectivity index (χ0n) is 11.9. The molecule has 5 heteroatoms. The van der Waals surface area contributed by atoms with Gasteiger partial charge < -0.3 is 5.32 Å². The highest BCUT2D eigenvalue weighted by Crippen LogP contribution is 2.18. The van der Waals surface area contributed by atoms with Crippen molar-refractivity contribution < 1.29 is 0 Å². The van der Waals surface area contributed by atoms with Gasteiger partial charge in [-0.1, -0.05) is 6.92 Å². The second-order valence-electron chi connectivity index (χ2n) is 5.61. The Bertz CT molecular complexity index is 373. The van der Waals surface area contributed by atoms with Gasteiger partial charge in [0.2, 0.25) is 0 Å². The number of aromatic nitrogens is 3. The smallest absolute Gasteiger partial charge is 0.141 e. The summed E-state index contributed by atoms with van der Waals surface area (Å²) in [5, 5.41) is 7.70. The van der Waals surface area contributed by atoms with Gasteiger partial charge in [-0.15, -0.1) is 0 Å². The predicted molar refractivity (Wildman–Crippen MR) is 72.3 cm³/mol. The summed E-state index contributed by atoms with van der Waals surface area (Å²) in [6.45, 7) is 9.80. The monoisotopic (exact) mass is 251 g/mol. The highest BCUT2D eigenvalue weighted by Gasteiger charge is 2.25. The van der Waals surface area contributed by atoms with Crippen molar-refractivity contribution in [1.29, 1.82) is 0 Å². The molecule has 0 bridgehead atoms. The van der Waals surface area contributed by atoms with Gasteiger partial charge in [0, 0.05) is 25.2 Å². The van der Waals surface area contributed by atoms with E-state index < -0.39 is 0 Å². The molecule has 1 saturated heterocycles. The van der Waals surface area contributed by atoms with E-state index in [1.54, 1.807) is 6.33 Å². The average molecular weight is 251 g/mol. The third-order valence-corrected chi connectivity index (χ3v) is 3.86. The minimum atomic E-state index is 0.384. The summed E-state index contributed by atoms with van der Waals surface area (Å²) in [6, 6.07) is 1.04. The van der Waals surface area contributed by atoms with E-state index in [1.807, 2.05) is 4.68 Å². The fourth-order valence-electron chi connectivity index (χ4n) is 2.82. The molecule has 1 aromatic rings. The minimum Gasteiger partial charge on any atom is -0.317 e. The van der Waals surface area contributed by atoms with Crippen LogP contribution >= 0.6 is 0 Å². The lowest BCUT2D eigenvalue weighted by atomic mass is 9.94. The number of hydrogen-bond acceptors (Lipinski definition) is 4. The van der Waals surface area contributed by atoms with Gasteiger partial charge >= 0.3 is 0 Å². The van der Waals surface area contributed by atoms with Gasteiger partial charge in [-0.25, -0.2) is 9.67 Å². The number of likely N-dealkylation sites (tertiary alicyclic amines) is 1. The lowest BCUT2D eigenvalue weighted by molar-refractivity contribution is 0.139. The number of nitrogens with zero attached hydrogens (tertiary/aromatic N) is 4. The van der Waals surface area contributed by atoms with E-state index in [0.717, 1.165) is 25.5 Å². The molecule has 1 aliphatic rings.